The van der Waals surface area contributed by atoms with E-state index in [1.807, 2.05) is 0 Å². The van der Waals surface area contributed by atoms with Gasteiger partial charge in [-0.15, -0.1) is 0 Å². The van der Waals surface area contributed by atoms with Crippen molar-refractivity contribution in [3.05, 3.63) is 312 Å². The quantitative estimate of drug-likeness (QED) is 0.140. The first-order chi connectivity index (χ1) is 44.0. The Bertz CT molecular complexity index is 4650. The van der Waals surface area contributed by atoms with Gasteiger partial charge in [0.1, 0.15) is 0 Å². The third-order valence-electron chi connectivity index (χ3n) is 20.5. The molecular weight excluding hydrogens is 1100 g/mol. The van der Waals surface area contributed by atoms with Gasteiger partial charge in [-0.05, 0) is 142 Å². The Hall–Kier alpha value is -9.70. The Morgan fingerprint density at radius 3 is 1.36 bits per heavy atom. The summed E-state index contributed by atoms with van der Waals surface area (Å²) in [6.45, 7) is 21.4. The number of anilines is 6. The molecule has 0 fully saturated rings. The molecule has 16 rings (SSSR count). The summed E-state index contributed by atoms with van der Waals surface area (Å²) in [5.41, 5.74) is 33.7. The van der Waals surface area contributed by atoms with E-state index in [0.717, 1.165) is 12.1 Å². The van der Waals surface area contributed by atoms with Gasteiger partial charge in [0, 0.05) is 56.8 Å². The highest BCUT2D eigenvalue weighted by Crippen LogP contribution is 2.59. The molecule has 2 nitrogen and oxygen atoms in total. The molecule has 442 valence electrons. The van der Waals surface area contributed by atoms with Crippen LogP contribution in [0.1, 0.15) is 79.9 Å². The van der Waals surface area contributed by atoms with Crippen molar-refractivity contribution in [1.82, 2.24) is 0 Å². The number of nitrogens with zero attached hydrogens (tertiary/aromatic N) is 2. The molecule has 3 atom stereocenters. The van der Waals surface area contributed by atoms with Gasteiger partial charge in [0.2, 0.25) is 0 Å². The predicted molar refractivity (Wildman–Crippen MR) is 389 cm³/mol. The highest BCUT2D eigenvalue weighted by Gasteiger charge is 2.48. The van der Waals surface area contributed by atoms with Gasteiger partial charge in [-0.1, -0.05) is 317 Å². The lowest BCUT2D eigenvalue weighted by Crippen LogP contribution is -2.61. The second kappa shape index (κ2) is 21.5. The van der Waals surface area contributed by atoms with Crippen LogP contribution in [0.4, 0.5) is 34.1 Å². The predicted octanol–water partition coefficient (Wildman–Crippen LogP) is 21.8. The molecule has 0 aromatic heterocycles. The maximum Gasteiger partial charge on any atom is 0.252 e. The van der Waals surface area contributed by atoms with E-state index in [1.165, 1.54) is 145 Å². The van der Waals surface area contributed by atoms with Crippen LogP contribution in [0.15, 0.2) is 301 Å². The summed E-state index contributed by atoms with van der Waals surface area (Å²) in [6, 6.07) is 89.6. The molecule has 0 spiro atoms. The van der Waals surface area contributed by atoms with Gasteiger partial charge in [0.25, 0.3) is 6.71 Å². The monoisotopic (exact) mass is 1170 g/mol. The maximum atomic E-state index is 2.74. The van der Waals surface area contributed by atoms with Crippen LogP contribution in [-0.4, -0.2) is 6.71 Å². The van der Waals surface area contributed by atoms with Crippen LogP contribution in [0, 0.1) is 28.6 Å². The first kappa shape index (κ1) is 56.5. The fourth-order valence-corrected chi connectivity index (χ4v) is 15.8. The lowest BCUT2D eigenvalue weighted by molar-refractivity contribution is 0.329. The van der Waals surface area contributed by atoms with Gasteiger partial charge in [-0.3, -0.25) is 0 Å². The second-order valence-electron chi connectivity index (χ2n) is 29.2. The highest BCUT2D eigenvalue weighted by atomic mass is 15.2. The Morgan fingerprint density at radius 2 is 0.868 bits per heavy atom. The average molecular weight is 1170 g/mol. The fourth-order valence-electron chi connectivity index (χ4n) is 15.8. The second-order valence-corrected chi connectivity index (χ2v) is 29.2. The summed E-state index contributed by atoms with van der Waals surface area (Å²) in [7, 11) is 0. The van der Waals surface area contributed by atoms with Crippen LogP contribution in [0.5, 0.6) is 0 Å². The first-order valence-corrected chi connectivity index (χ1v) is 32.9. The number of hydrogen-bond donors (Lipinski definition) is 0. The molecule has 91 heavy (non-hydrogen) atoms. The summed E-state index contributed by atoms with van der Waals surface area (Å²) < 4.78 is 0. The van der Waals surface area contributed by atoms with Crippen LogP contribution >= 0.6 is 0 Å². The van der Waals surface area contributed by atoms with Crippen molar-refractivity contribution in [2.75, 3.05) is 9.80 Å². The number of fused-ring (bicyclic) bond motifs is 4. The number of para-hydroxylation sites is 2. The minimum absolute atomic E-state index is 0.00835. The lowest BCUT2D eigenvalue weighted by atomic mass is 9.33. The molecular formula is C88H77BN2. The molecule has 2 aliphatic heterocycles. The van der Waals surface area contributed by atoms with Crippen molar-refractivity contribution >= 4 is 62.8 Å². The third kappa shape index (κ3) is 9.53. The van der Waals surface area contributed by atoms with Crippen LogP contribution in [0.2, 0.25) is 0 Å². The van der Waals surface area contributed by atoms with Crippen LogP contribution < -0.4 is 26.2 Å². The van der Waals surface area contributed by atoms with Crippen molar-refractivity contribution in [3.8, 4) is 55.6 Å². The van der Waals surface area contributed by atoms with Crippen molar-refractivity contribution < 1.29 is 0 Å². The standard InChI is InChI=1S/C88H77BN2/c1-86(2,3)66-47-63-41-42-64-48-67(87(4,5)6)53-74-73(50-65(49-66)81(63)82(64)74)62-43-45-75-78(52-62)91(85-71(59-33-21-13-22-34-59)39-26-40-72(85)60-35-23-14-24-36-60)80-55-68(88(7,8)9)54-79-83(80)89(75)76-51-61(56-27-15-10-16-28-56)44-46-77(76)90(79)84-69(57-29-17-11-18-30-57)37-25-38-70(84)58-31-19-12-20-32-58/h10-47,49-55,64,81-82H,48H2,1-9H3. The van der Waals surface area contributed by atoms with Crippen molar-refractivity contribution in [1.29, 1.82) is 0 Å². The SMILES string of the molecule is CC(C)(C)C1=CC2=CC(c3ccc4c(c3)N(c3c(-c5ccccc5)cccc3-c3ccccc3)c3cc(C(C)(C)C)cc5c3B4c3cc(-c4ccccc4)ccc3N5c3c(-c4ccccc4)cccc3-c3ccccc3)=C3C=C(C(C)(C)C)CC4C=CC(=C1)C2C34. The summed E-state index contributed by atoms with van der Waals surface area (Å²) in [6.07, 6.45) is 16.5. The van der Waals surface area contributed by atoms with E-state index >= 15 is 0 Å². The summed E-state index contributed by atoms with van der Waals surface area (Å²) in [4.78, 5) is 5.42. The Kier molecular flexibility index (Phi) is 13.4. The van der Waals surface area contributed by atoms with E-state index < -0.39 is 0 Å². The summed E-state index contributed by atoms with van der Waals surface area (Å²) >= 11 is 0. The van der Waals surface area contributed by atoms with Gasteiger partial charge in [0.15, 0.2) is 0 Å². The van der Waals surface area contributed by atoms with Crippen LogP contribution in [-0.2, 0) is 5.41 Å². The smallest absolute Gasteiger partial charge is 0.252 e. The van der Waals surface area contributed by atoms with Gasteiger partial charge >= 0.3 is 0 Å². The largest absolute Gasteiger partial charge is 0.310 e. The number of hydrogen-bond acceptors (Lipinski definition) is 2. The lowest BCUT2D eigenvalue weighted by Gasteiger charge is -2.48. The summed E-state index contributed by atoms with van der Waals surface area (Å²) in [5, 5.41) is 0. The van der Waals surface area contributed by atoms with Gasteiger partial charge in [0.05, 0.1) is 11.4 Å². The van der Waals surface area contributed by atoms with Crippen molar-refractivity contribution in [3.63, 3.8) is 0 Å². The van der Waals surface area contributed by atoms with E-state index in [0.29, 0.717) is 17.8 Å². The van der Waals surface area contributed by atoms with E-state index in [-0.39, 0.29) is 23.0 Å². The van der Waals surface area contributed by atoms with E-state index in [9.17, 15) is 0 Å². The number of rotatable bonds is 8. The van der Waals surface area contributed by atoms with Crippen LogP contribution in [0.3, 0.4) is 0 Å². The number of allylic oxidation sites excluding steroid dienone is 12. The number of benzene rings is 10. The molecule has 0 saturated carbocycles. The Balaban J connectivity index is 1.06. The molecule has 0 amide bonds. The zero-order valence-corrected chi connectivity index (χ0v) is 53.9. The van der Waals surface area contributed by atoms with Gasteiger partial charge < -0.3 is 9.80 Å². The highest BCUT2D eigenvalue weighted by molar-refractivity contribution is 7.00. The molecule has 2 heterocycles. The molecule has 10 aromatic rings. The first-order valence-electron chi connectivity index (χ1n) is 32.9. The molecule has 10 aromatic carbocycles. The maximum absolute atomic E-state index is 2.74. The Labute approximate surface area is 539 Å². The van der Waals surface area contributed by atoms with Crippen LogP contribution in [0.25, 0.3) is 61.2 Å². The molecule has 4 aliphatic carbocycles. The molecule has 0 saturated heterocycles. The average Bonchev–Trinajstić information content (AvgIpc) is 0.706. The summed E-state index contributed by atoms with van der Waals surface area (Å²) in [5.74, 6) is 1.04. The van der Waals surface area contributed by atoms with Crippen molar-refractivity contribution in [2.45, 2.75) is 74.1 Å². The zero-order chi connectivity index (χ0) is 62.1. The molecule has 3 unspecified atom stereocenters. The van der Waals surface area contributed by atoms with E-state index in [4.69, 9.17) is 0 Å². The van der Waals surface area contributed by atoms with E-state index in [1.54, 1.807) is 0 Å². The fraction of sp³-hybridized carbons (Fsp3) is 0.182. The van der Waals surface area contributed by atoms with Gasteiger partial charge in [-0.25, -0.2) is 0 Å². The Morgan fingerprint density at radius 1 is 0.374 bits per heavy atom. The molecule has 3 heteroatoms. The third-order valence-corrected chi connectivity index (χ3v) is 20.5. The zero-order valence-electron chi connectivity index (χ0n) is 53.9. The van der Waals surface area contributed by atoms with Crippen molar-refractivity contribution in [2.24, 2.45) is 28.6 Å². The molecule has 0 radical (unpaired) electrons. The minimum atomic E-state index is -0.256. The normalized spacial score (nSPS) is 17.9. The minimum Gasteiger partial charge on any atom is -0.310 e. The topological polar surface area (TPSA) is 6.48 Å². The molecule has 0 N–H and O–H groups in total. The molecule has 6 aliphatic rings. The van der Waals surface area contributed by atoms with Gasteiger partial charge in [-0.2, -0.15) is 0 Å². The molecule has 0 bridgehead atoms. The van der Waals surface area contributed by atoms with E-state index in [2.05, 4.69) is 345 Å².